The van der Waals surface area contributed by atoms with Gasteiger partial charge in [0, 0.05) is 32.9 Å². The number of hydrogen-bond donors (Lipinski definition) is 2. The highest BCUT2D eigenvalue weighted by atomic mass is 35.5. The normalized spacial score (nSPS) is 19.0. The third kappa shape index (κ3) is 5.27. The molecule has 29 heavy (non-hydrogen) atoms. The lowest BCUT2D eigenvalue weighted by atomic mass is 9.97. The third-order valence-corrected chi connectivity index (χ3v) is 6.66. The number of nitrogens with zero attached hydrogens (tertiary/aromatic N) is 2. The average molecular weight is 477 g/mol. The van der Waals surface area contributed by atoms with Gasteiger partial charge in [0.15, 0.2) is 0 Å². The fourth-order valence-corrected chi connectivity index (χ4v) is 5.31. The zero-order valence-corrected chi connectivity index (χ0v) is 19.9. The molecule has 0 spiro atoms. The largest absolute Gasteiger partial charge is 0.392 e. The van der Waals surface area contributed by atoms with E-state index < -0.39 is 0 Å². The monoisotopic (exact) mass is 475 g/mol. The van der Waals surface area contributed by atoms with Gasteiger partial charge in [-0.05, 0) is 69.8 Å². The number of halogens is 3. The molecule has 1 aromatic carbocycles. The van der Waals surface area contributed by atoms with E-state index in [1.165, 1.54) is 15.3 Å². The van der Waals surface area contributed by atoms with Crippen molar-refractivity contribution in [3.8, 4) is 11.1 Å². The molecule has 2 aromatic heterocycles. The quantitative estimate of drug-likeness (QED) is 0.491. The van der Waals surface area contributed by atoms with Crippen LogP contribution in [0.2, 0.25) is 5.02 Å². The second-order valence-electron chi connectivity index (χ2n) is 7.50. The molecular weight excluding hydrogens is 449 g/mol. The van der Waals surface area contributed by atoms with Crippen LogP contribution in [0.5, 0.6) is 0 Å². The minimum atomic E-state index is -0.218. The van der Waals surface area contributed by atoms with E-state index in [1.807, 2.05) is 23.7 Å². The van der Waals surface area contributed by atoms with Crippen molar-refractivity contribution >= 4 is 58.8 Å². The van der Waals surface area contributed by atoms with Crippen LogP contribution in [0.3, 0.4) is 0 Å². The van der Waals surface area contributed by atoms with E-state index >= 15 is 0 Å². The van der Waals surface area contributed by atoms with Gasteiger partial charge in [0.1, 0.15) is 0 Å². The Bertz CT molecular complexity index is 956. The number of aromatic nitrogens is 2. The number of hydrogen-bond acceptors (Lipinski definition) is 4. The van der Waals surface area contributed by atoms with Crippen molar-refractivity contribution in [1.82, 2.24) is 14.9 Å². The molecule has 2 atom stereocenters. The molecule has 0 unspecified atom stereocenters. The van der Waals surface area contributed by atoms with Crippen molar-refractivity contribution in [3.05, 3.63) is 39.3 Å². The van der Waals surface area contributed by atoms with Crippen molar-refractivity contribution < 1.29 is 5.11 Å². The molecule has 0 saturated carbocycles. The van der Waals surface area contributed by atoms with Gasteiger partial charge in [-0.3, -0.25) is 0 Å². The number of aliphatic hydroxyl groups excluding tert-OH is 1. The standard InChI is InChI=1S/C21H26ClN3OS.2ClH/c1-13-9-16(14(2)27-13)17-10-15(22)11-19-21(17)25(12-24-19)8-4-5-18-20(26)6-3-7-23-18;;/h9-12,18,20,23,26H,3-8H2,1-2H3;2*1H/t18-,20+;;/m1../s1. The van der Waals surface area contributed by atoms with Gasteiger partial charge >= 0.3 is 0 Å². The Labute approximate surface area is 193 Å². The molecule has 160 valence electrons. The number of nitrogens with one attached hydrogen (secondary N) is 1. The van der Waals surface area contributed by atoms with Crippen molar-refractivity contribution in [2.75, 3.05) is 6.54 Å². The van der Waals surface area contributed by atoms with Crippen LogP contribution < -0.4 is 5.32 Å². The average Bonchev–Trinajstić information content (AvgIpc) is 3.18. The van der Waals surface area contributed by atoms with Crippen LogP contribution in [0.4, 0.5) is 0 Å². The van der Waals surface area contributed by atoms with Crippen LogP contribution in [0.15, 0.2) is 24.5 Å². The maximum Gasteiger partial charge on any atom is 0.0958 e. The second-order valence-corrected chi connectivity index (χ2v) is 9.40. The first kappa shape index (κ1) is 24.4. The predicted octanol–water partition coefficient (Wildman–Crippen LogP) is 5.77. The summed E-state index contributed by atoms with van der Waals surface area (Å²) in [6.07, 6.45) is 5.65. The summed E-state index contributed by atoms with van der Waals surface area (Å²) in [5.74, 6) is 0. The van der Waals surface area contributed by atoms with Gasteiger partial charge in [0.05, 0.1) is 23.5 Å². The highest BCUT2D eigenvalue weighted by molar-refractivity contribution is 7.12. The summed E-state index contributed by atoms with van der Waals surface area (Å²) in [6.45, 7) is 6.20. The number of aliphatic hydroxyl groups is 1. The highest BCUT2D eigenvalue weighted by Crippen LogP contribution is 2.37. The first-order valence-corrected chi connectivity index (χ1v) is 10.9. The van der Waals surface area contributed by atoms with Crippen molar-refractivity contribution in [1.29, 1.82) is 0 Å². The van der Waals surface area contributed by atoms with Crippen LogP contribution in [0.25, 0.3) is 22.2 Å². The summed E-state index contributed by atoms with van der Waals surface area (Å²) < 4.78 is 2.24. The lowest BCUT2D eigenvalue weighted by Gasteiger charge is -2.29. The molecule has 4 rings (SSSR count). The molecule has 8 heteroatoms. The molecule has 0 bridgehead atoms. The summed E-state index contributed by atoms with van der Waals surface area (Å²) in [5, 5.41) is 14.3. The van der Waals surface area contributed by atoms with Crippen LogP contribution in [0.1, 0.15) is 35.4 Å². The zero-order chi connectivity index (χ0) is 19.0. The summed E-state index contributed by atoms with van der Waals surface area (Å²) in [5.41, 5.74) is 4.50. The van der Waals surface area contributed by atoms with Gasteiger partial charge in [-0.15, -0.1) is 36.2 Å². The molecule has 0 aliphatic carbocycles. The Morgan fingerprint density at radius 3 is 2.72 bits per heavy atom. The highest BCUT2D eigenvalue weighted by Gasteiger charge is 2.22. The van der Waals surface area contributed by atoms with E-state index in [9.17, 15) is 5.11 Å². The number of fused-ring (bicyclic) bond motifs is 1. The van der Waals surface area contributed by atoms with Gasteiger partial charge in [-0.1, -0.05) is 11.6 Å². The van der Waals surface area contributed by atoms with E-state index in [1.54, 1.807) is 0 Å². The van der Waals surface area contributed by atoms with Crippen LogP contribution in [0, 0.1) is 13.8 Å². The Morgan fingerprint density at radius 1 is 1.24 bits per heavy atom. The fourth-order valence-electron chi connectivity index (χ4n) is 4.16. The lowest BCUT2D eigenvalue weighted by molar-refractivity contribution is 0.0909. The van der Waals surface area contributed by atoms with Crippen LogP contribution in [-0.4, -0.2) is 33.3 Å². The molecule has 0 radical (unpaired) electrons. The molecule has 0 amide bonds. The molecular formula is C21H28Cl3N3OS. The first-order chi connectivity index (χ1) is 13.0. The number of piperidine rings is 1. The van der Waals surface area contributed by atoms with Gasteiger partial charge in [-0.25, -0.2) is 4.98 Å². The smallest absolute Gasteiger partial charge is 0.0958 e. The molecule has 1 aliphatic rings. The summed E-state index contributed by atoms with van der Waals surface area (Å²) in [4.78, 5) is 7.21. The molecule has 4 nitrogen and oxygen atoms in total. The van der Waals surface area contributed by atoms with E-state index in [0.29, 0.717) is 0 Å². The molecule has 3 aromatic rings. The Kier molecular flexibility index (Phi) is 8.83. The maximum absolute atomic E-state index is 10.2. The number of rotatable bonds is 5. The molecule has 1 fully saturated rings. The molecule has 3 heterocycles. The molecule has 2 N–H and O–H groups in total. The Hall–Kier alpha value is -0.820. The topological polar surface area (TPSA) is 50.1 Å². The van der Waals surface area contributed by atoms with E-state index in [4.69, 9.17) is 11.6 Å². The predicted molar refractivity (Wildman–Crippen MR) is 128 cm³/mol. The van der Waals surface area contributed by atoms with Crippen molar-refractivity contribution in [2.24, 2.45) is 0 Å². The van der Waals surface area contributed by atoms with Gasteiger partial charge < -0.3 is 15.0 Å². The second kappa shape index (κ2) is 10.5. The fraction of sp³-hybridized carbons (Fsp3) is 0.476. The number of imidazole rings is 1. The first-order valence-electron chi connectivity index (χ1n) is 9.66. The Morgan fingerprint density at radius 2 is 2.03 bits per heavy atom. The van der Waals surface area contributed by atoms with E-state index in [-0.39, 0.29) is 37.0 Å². The van der Waals surface area contributed by atoms with Gasteiger partial charge in [0.25, 0.3) is 0 Å². The summed E-state index contributed by atoms with van der Waals surface area (Å²) >= 11 is 8.20. The maximum atomic E-state index is 10.2. The van der Waals surface area contributed by atoms with Gasteiger partial charge in [-0.2, -0.15) is 0 Å². The minimum Gasteiger partial charge on any atom is -0.392 e. The van der Waals surface area contributed by atoms with Gasteiger partial charge in [0.2, 0.25) is 0 Å². The summed E-state index contributed by atoms with van der Waals surface area (Å²) in [7, 11) is 0. The minimum absolute atomic E-state index is 0. The number of aryl methyl sites for hydroxylation is 3. The number of thiophene rings is 1. The molecule has 1 aliphatic heterocycles. The van der Waals surface area contributed by atoms with E-state index in [0.717, 1.165) is 60.4 Å². The van der Waals surface area contributed by atoms with Crippen LogP contribution >= 0.6 is 47.8 Å². The summed E-state index contributed by atoms with van der Waals surface area (Å²) in [6, 6.07) is 6.45. The zero-order valence-electron chi connectivity index (χ0n) is 16.7. The van der Waals surface area contributed by atoms with Crippen molar-refractivity contribution in [2.45, 2.75) is 58.2 Å². The third-order valence-electron chi connectivity index (χ3n) is 5.47. The van der Waals surface area contributed by atoms with Crippen molar-refractivity contribution in [3.63, 3.8) is 0 Å². The lowest BCUT2D eigenvalue weighted by Crippen LogP contribution is -2.44. The number of benzene rings is 1. The molecule has 1 saturated heterocycles. The SMILES string of the molecule is Cc1cc(-c2cc(Cl)cc3ncn(CCC[C@H]4NCCC[C@@H]4O)c23)c(C)s1.Cl.Cl. The van der Waals surface area contributed by atoms with Crippen LogP contribution in [-0.2, 0) is 6.54 Å². The Balaban J connectivity index is 0.00000150. The van der Waals surface area contributed by atoms with E-state index in [2.05, 4.69) is 40.8 Å².